The van der Waals surface area contributed by atoms with Gasteiger partial charge in [0.2, 0.25) is 0 Å². The van der Waals surface area contributed by atoms with E-state index in [1.165, 1.54) is 24.4 Å². The smallest absolute Gasteiger partial charge is 0.149 e. The van der Waals surface area contributed by atoms with Crippen LogP contribution in [0.5, 0.6) is 0 Å². The van der Waals surface area contributed by atoms with Gasteiger partial charge in [0.05, 0.1) is 6.20 Å². The maximum atomic E-state index is 13.7. The predicted octanol–water partition coefficient (Wildman–Crippen LogP) is 2.49. The average molecular weight is 220 g/mol. The lowest BCUT2D eigenvalue weighted by Gasteiger charge is -2.05. The van der Waals surface area contributed by atoms with E-state index in [0.717, 1.165) is 6.20 Å². The summed E-state index contributed by atoms with van der Waals surface area (Å²) in [4.78, 5) is 3.62. The molecule has 16 heavy (non-hydrogen) atoms. The Kier molecular flexibility index (Phi) is 2.92. The van der Waals surface area contributed by atoms with Gasteiger partial charge in [-0.15, -0.1) is 0 Å². The summed E-state index contributed by atoms with van der Waals surface area (Å²) in [6.45, 7) is 0.260. The minimum Gasteiger partial charge on any atom is -0.326 e. The molecule has 0 atom stereocenters. The molecule has 82 valence electrons. The van der Waals surface area contributed by atoms with Crippen molar-refractivity contribution in [3.8, 4) is 11.1 Å². The van der Waals surface area contributed by atoms with E-state index in [0.29, 0.717) is 5.56 Å². The standard InChI is InChI=1S/C12H10F2N2/c13-11-5-8(6-15)1-2-9(11)10-3-4-16-7-12(10)14/h1-5,7H,6,15H2. The molecule has 2 N–H and O–H groups in total. The number of aromatic nitrogens is 1. The summed E-state index contributed by atoms with van der Waals surface area (Å²) >= 11 is 0. The van der Waals surface area contributed by atoms with Gasteiger partial charge in [0.25, 0.3) is 0 Å². The maximum Gasteiger partial charge on any atom is 0.149 e. The van der Waals surface area contributed by atoms with Crippen molar-refractivity contribution in [2.24, 2.45) is 5.73 Å². The second-order valence-corrected chi connectivity index (χ2v) is 3.37. The summed E-state index contributed by atoms with van der Waals surface area (Å²) in [5, 5.41) is 0. The lowest BCUT2D eigenvalue weighted by atomic mass is 10.0. The molecule has 1 heterocycles. The summed E-state index contributed by atoms with van der Waals surface area (Å²) in [5.41, 5.74) is 6.49. The number of hydrogen-bond acceptors (Lipinski definition) is 2. The van der Waals surface area contributed by atoms with Crippen molar-refractivity contribution >= 4 is 0 Å². The third-order valence-corrected chi connectivity index (χ3v) is 2.33. The van der Waals surface area contributed by atoms with E-state index >= 15 is 0 Å². The number of nitrogens with zero attached hydrogens (tertiary/aromatic N) is 1. The number of rotatable bonds is 2. The maximum absolute atomic E-state index is 13.7. The third-order valence-electron chi connectivity index (χ3n) is 2.33. The molecule has 0 aliphatic carbocycles. The van der Waals surface area contributed by atoms with Gasteiger partial charge < -0.3 is 5.73 Å². The summed E-state index contributed by atoms with van der Waals surface area (Å²) in [6.07, 6.45) is 2.49. The summed E-state index contributed by atoms with van der Waals surface area (Å²) < 4.78 is 27.0. The van der Waals surface area contributed by atoms with Crippen LogP contribution in [-0.2, 0) is 6.54 Å². The van der Waals surface area contributed by atoms with Crippen molar-refractivity contribution < 1.29 is 8.78 Å². The highest BCUT2D eigenvalue weighted by Gasteiger charge is 2.09. The van der Waals surface area contributed by atoms with Crippen molar-refractivity contribution in [2.75, 3.05) is 0 Å². The van der Waals surface area contributed by atoms with Gasteiger partial charge in [-0.1, -0.05) is 12.1 Å². The fourth-order valence-corrected chi connectivity index (χ4v) is 1.50. The van der Waals surface area contributed by atoms with E-state index in [-0.39, 0.29) is 17.7 Å². The zero-order valence-corrected chi connectivity index (χ0v) is 8.45. The Morgan fingerprint density at radius 3 is 2.44 bits per heavy atom. The van der Waals surface area contributed by atoms with Crippen LogP contribution >= 0.6 is 0 Å². The van der Waals surface area contributed by atoms with Gasteiger partial charge in [-0.2, -0.15) is 0 Å². The molecule has 0 fully saturated rings. The van der Waals surface area contributed by atoms with Gasteiger partial charge in [0, 0.05) is 23.9 Å². The molecule has 0 bridgehead atoms. The van der Waals surface area contributed by atoms with Crippen molar-refractivity contribution in [3.05, 3.63) is 53.9 Å². The lowest BCUT2D eigenvalue weighted by Crippen LogP contribution is -1.98. The Labute approximate surface area is 91.7 Å². The van der Waals surface area contributed by atoms with E-state index in [2.05, 4.69) is 4.98 Å². The van der Waals surface area contributed by atoms with E-state index in [4.69, 9.17) is 5.73 Å². The SMILES string of the molecule is NCc1ccc(-c2ccncc2F)c(F)c1. The number of pyridine rings is 1. The van der Waals surface area contributed by atoms with Crippen LogP contribution in [-0.4, -0.2) is 4.98 Å². The molecule has 0 aliphatic rings. The van der Waals surface area contributed by atoms with Gasteiger partial charge in [0.1, 0.15) is 11.6 Å². The quantitative estimate of drug-likeness (QED) is 0.844. The zero-order valence-electron chi connectivity index (χ0n) is 8.45. The van der Waals surface area contributed by atoms with Crippen molar-refractivity contribution in [1.82, 2.24) is 4.98 Å². The minimum atomic E-state index is -0.540. The minimum absolute atomic E-state index is 0.205. The van der Waals surface area contributed by atoms with Gasteiger partial charge in [0.15, 0.2) is 0 Å². The molecule has 2 aromatic rings. The van der Waals surface area contributed by atoms with Crippen molar-refractivity contribution in [2.45, 2.75) is 6.54 Å². The number of halogens is 2. The second-order valence-electron chi connectivity index (χ2n) is 3.37. The van der Waals surface area contributed by atoms with Crippen molar-refractivity contribution in [3.63, 3.8) is 0 Å². The van der Waals surface area contributed by atoms with E-state index in [1.54, 1.807) is 6.07 Å². The van der Waals surface area contributed by atoms with Crippen LogP contribution in [0.4, 0.5) is 8.78 Å². The van der Waals surface area contributed by atoms with Crippen LogP contribution in [0.2, 0.25) is 0 Å². The van der Waals surface area contributed by atoms with Crippen LogP contribution in [0.15, 0.2) is 36.7 Å². The summed E-state index contributed by atoms with van der Waals surface area (Å²) in [5.74, 6) is -1.02. The molecule has 1 aromatic heterocycles. The molecule has 0 aliphatic heterocycles. The highest BCUT2D eigenvalue weighted by molar-refractivity contribution is 5.64. The molecule has 1 aromatic carbocycles. The van der Waals surface area contributed by atoms with Crippen molar-refractivity contribution in [1.29, 1.82) is 0 Å². The topological polar surface area (TPSA) is 38.9 Å². The third kappa shape index (κ3) is 1.92. The first kappa shape index (κ1) is 10.7. The first-order valence-corrected chi connectivity index (χ1v) is 4.80. The molecule has 0 saturated heterocycles. The molecule has 2 rings (SSSR count). The highest BCUT2D eigenvalue weighted by Crippen LogP contribution is 2.25. The van der Waals surface area contributed by atoms with Gasteiger partial charge in [-0.25, -0.2) is 8.78 Å². The molecular weight excluding hydrogens is 210 g/mol. The molecule has 0 unspecified atom stereocenters. The average Bonchev–Trinajstić information content (AvgIpc) is 2.30. The zero-order chi connectivity index (χ0) is 11.5. The Balaban J connectivity index is 2.53. The Morgan fingerprint density at radius 1 is 1.06 bits per heavy atom. The highest BCUT2D eigenvalue weighted by atomic mass is 19.1. The Hall–Kier alpha value is -1.81. The molecule has 4 heteroatoms. The monoisotopic (exact) mass is 220 g/mol. The summed E-state index contributed by atoms with van der Waals surface area (Å²) in [7, 11) is 0. The predicted molar refractivity (Wildman–Crippen MR) is 57.5 cm³/mol. The Bertz CT molecular complexity index is 512. The van der Waals surface area contributed by atoms with Crippen LogP contribution in [0, 0.1) is 11.6 Å². The molecular formula is C12H10F2N2. The lowest BCUT2D eigenvalue weighted by molar-refractivity contribution is 0.611. The first-order valence-electron chi connectivity index (χ1n) is 4.80. The fourth-order valence-electron chi connectivity index (χ4n) is 1.50. The van der Waals surface area contributed by atoms with E-state index in [9.17, 15) is 8.78 Å². The molecule has 0 spiro atoms. The Morgan fingerprint density at radius 2 is 1.81 bits per heavy atom. The van der Waals surface area contributed by atoms with Crippen LogP contribution in [0.3, 0.4) is 0 Å². The largest absolute Gasteiger partial charge is 0.326 e. The van der Waals surface area contributed by atoms with Gasteiger partial charge in [-0.3, -0.25) is 4.98 Å². The molecule has 2 nitrogen and oxygen atoms in total. The normalized spacial score (nSPS) is 10.4. The molecule has 0 saturated carbocycles. The number of benzene rings is 1. The van der Waals surface area contributed by atoms with Gasteiger partial charge >= 0.3 is 0 Å². The molecule has 0 amide bonds. The number of nitrogens with two attached hydrogens (primary N) is 1. The summed E-state index contributed by atoms with van der Waals surface area (Å²) in [6, 6.07) is 5.96. The van der Waals surface area contributed by atoms with Crippen LogP contribution in [0.1, 0.15) is 5.56 Å². The van der Waals surface area contributed by atoms with Gasteiger partial charge in [-0.05, 0) is 17.7 Å². The molecule has 0 radical (unpaired) electrons. The first-order chi connectivity index (χ1) is 7.72. The van der Waals surface area contributed by atoms with Crippen LogP contribution < -0.4 is 5.73 Å². The fraction of sp³-hybridized carbons (Fsp3) is 0.0833. The van der Waals surface area contributed by atoms with Crippen LogP contribution in [0.25, 0.3) is 11.1 Å². The van der Waals surface area contributed by atoms with E-state index in [1.807, 2.05) is 0 Å². The number of hydrogen-bond donors (Lipinski definition) is 1. The second kappa shape index (κ2) is 4.37. The van der Waals surface area contributed by atoms with E-state index < -0.39 is 11.6 Å².